The molecule has 20 heavy (non-hydrogen) atoms. The summed E-state index contributed by atoms with van der Waals surface area (Å²) in [5, 5.41) is 9.68. The summed E-state index contributed by atoms with van der Waals surface area (Å²) in [7, 11) is 1.64. The summed E-state index contributed by atoms with van der Waals surface area (Å²) in [5.41, 5.74) is 1.14. The second kappa shape index (κ2) is 6.75. The molecular formula is C16H23NO3. The van der Waals surface area contributed by atoms with E-state index in [2.05, 4.69) is 0 Å². The minimum Gasteiger partial charge on any atom is -0.497 e. The predicted molar refractivity (Wildman–Crippen MR) is 77.7 cm³/mol. The van der Waals surface area contributed by atoms with Crippen LogP contribution in [0.1, 0.15) is 25.3 Å². The Morgan fingerprint density at radius 1 is 1.40 bits per heavy atom. The minimum absolute atomic E-state index is 0.175. The topological polar surface area (TPSA) is 49.8 Å². The van der Waals surface area contributed by atoms with E-state index in [1.807, 2.05) is 36.1 Å². The first-order valence-electron chi connectivity index (χ1n) is 7.19. The van der Waals surface area contributed by atoms with E-state index in [1.165, 1.54) is 0 Å². The maximum atomic E-state index is 12.2. The molecule has 0 radical (unpaired) electrons. The molecule has 0 aromatic heterocycles. The fourth-order valence-electron chi connectivity index (χ4n) is 2.56. The van der Waals surface area contributed by atoms with Crippen LogP contribution < -0.4 is 4.74 Å². The fourth-order valence-corrected chi connectivity index (χ4v) is 2.56. The third-order valence-corrected chi connectivity index (χ3v) is 4.00. The number of nitrogens with zero attached hydrogens (tertiary/aromatic N) is 1. The molecule has 110 valence electrons. The van der Waals surface area contributed by atoms with Crippen LogP contribution in [-0.2, 0) is 11.2 Å². The quantitative estimate of drug-likeness (QED) is 0.914. The number of carbonyl (C=O) groups excluding carboxylic acids is 1. The molecule has 2 unspecified atom stereocenters. The van der Waals surface area contributed by atoms with Crippen LogP contribution in [0.25, 0.3) is 0 Å². The normalized spacial score (nSPS) is 22.6. The third-order valence-electron chi connectivity index (χ3n) is 4.00. The summed E-state index contributed by atoms with van der Waals surface area (Å²) >= 11 is 0. The average Bonchev–Trinajstić information content (AvgIpc) is 2.48. The number of hydrogen-bond acceptors (Lipinski definition) is 3. The number of likely N-dealkylation sites (tertiary alicyclic amines) is 1. The van der Waals surface area contributed by atoms with Gasteiger partial charge in [-0.25, -0.2) is 0 Å². The van der Waals surface area contributed by atoms with Crippen LogP contribution in [-0.4, -0.2) is 42.2 Å². The lowest BCUT2D eigenvalue weighted by molar-refractivity contribution is -0.134. The monoisotopic (exact) mass is 277 g/mol. The molecule has 1 aromatic carbocycles. The molecule has 2 atom stereocenters. The summed E-state index contributed by atoms with van der Waals surface area (Å²) in [6.07, 6.45) is 1.70. The number of aliphatic hydroxyl groups excluding tert-OH is 1. The maximum absolute atomic E-state index is 12.2. The standard InChI is InChI=1S/C16H23NO3/c1-12-11-17(10-9-15(12)18)16(19)8-5-13-3-6-14(20-2)7-4-13/h3-4,6-7,12,15,18H,5,8-11H2,1-2H3. The molecule has 0 aliphatic carbocycles. The highest BCUT2D eigenvalue weighted by atomic mass is 16.5. The molecule has 0 saturated carbocycles. The van der Waals surface area contributed by atoms with E-state index in [-0.39, 0.29) is 17.9 Å². The molecule has 1 aromatic rings. The Morgan fingerprint density at radius 2 is 2.10 bits per heavy atom. The highest BCUT2D eigenvalue weighted by Crippen LogP contribution is 2.18. The summed E-state index contributed by atoms with van der Waals surface area (Å²) in [4.78, 5) is 14.0. The SMILES string of the molecule is COc1ccc(CCC(=O)N2CCC(O)C(C)C2)cc1. The van der Waals surface area contributed by atoms with Crippen molar-refractivity contribution in [2.24, 2.45) is 5.92 Å². The lowest BCUT2D eigenvalue weighted by atomic mass is 9.96. The second-order valence-corrected chi connectivity index (χ2v) is 5.52. The fraction of sp³-hybridized carbons (Fsp3) is 0.562. The van der Waals surface area contributed by atoms with Gasteiger partial charge >= 0.3 is 0 Å². The zero-order valence-electron chi connectivity index (χ0n) is 12.2. The molecule has 4 nitrogen and oxygen atoms in total. The van der Waals surface area contributed by atoms with E-state index in [0.717, 1.165) is 17.7 Å². The number of hydrogen-bond donors (Lipinski definition) is 1. The van der Waals surface area contributed by atoms with Gasteiger partial charge in [-0.2, -0.15) is 0 Å². The molecule has 1 aliphatic heterocycles. The van der Waals surface area contributed by atoms with Crippen molar-refractivity contribution in [3.05, 3.63) is 29.8 Å². The number of rotatable bonds is 4. The molecule has 1 N–H and O–H groups in total. The number of ether oxygens (including phenoxy) is 1. The van der Waals surface area contributed by atoms with Crippen LogP contribution in [0.5, 0.6) is 5.75 Å². The second-order valence-electron chi connectivity index (χ2n) is 5.52. The maximum Gasteiger partial charge on any atom is 0.222 e. The van der Waals surface area contributed by atoms with Gasteiger partial charge in [-0.3, -0.25) is 4.79 Å². The van der Waals surface area contributed by atoms with Gasteiger partial charge in [0.15, 0.2) is 0 Å². The lowest BCUT2D eigenvalue weighted by Gasteiger charge is -2.34. The Morgan fingerprint density at radius 3 is 2.70 bits per heavy atom. The molecular weight excluding hydrogens is 254 g/mol. The van der Waals surface area contributed by atoms with Gasteiger partial charge in [0.2, 0.25) is 5.91 Å². The third kappa shape index (κ3) is 3.73. The summed E-state index contributed by atoms with van der Waals surface area (Å²) in [6, 6.07) is 7.82. The van der Waals surface area contributed by atoms with Crippen LogP contribution in [0.4, 0.5) is 0 Å². The van der Waals surface area contributed by atoms with E-state index < -0.39 is 0 Å². The molecule has 4 heteroatoms. The largest absolute Gasteiger partial charge is 0.497 e. The number of amides is 1. The molecule has 0 bridgehead atoms. The Hall–Kier alpha value is -1.55. The van der Waals surface area contributed by atoms with Gasteiger partial charge in [0, 0.05) is 19.5 Å². The van der Waals surface area contributed by atoms with E-state index in [0.29, 0.717) is 25.9 Å². The van der Waals surface area contributed by atoms with Gasteiger partial charge in [-0.15, -0.1) is 0 Å². The number of aliphatic hydroxyl groups is 1. The van der Waals surface area contributed by atoms with Gasteiger partial charge in [-0.1, -0.05) is 19.1 Å². The van der Waals surface area contributed by atoms with Gasteiger partial charge in [0.25, 0.3) is 0 Å². The van der Waals surface area contributed by atoms with Crippen molar-refractivity contribution >= 4 is 5.91 Å². The molecule has 1 aliphatic rings. The van der Waals surface area contributed by atoms with E-state index in [9.17, 15) is 9.90 Å². The van der Waals surface area contributed by atoms with Crippen LogP contribution >= 0.6 is 0 Å². The van der Waals surface area contributed by atoms with Crippen LogP contribution in [0, 0.1) is 5.92 Å². The smallest absolute Gasteiger partial charge is 0.222 e. The Bertz CT molecular complexity index is 444. The van der Waals surface area contributed by atoms with Crippen LogP contribution in [0.15, 0.2) is 24.3 Å². The van der Waals surface area contributed by atoms with Gasteiger partial charge < -0.3 is 14.7 Å². The van der Waals surface area contributed by atoms with Crippen molar-refractivity contribution in [2.75, 3.05) is 20.2 Å². The number of methoxy groups -OCH3 is 1. The van der Waals surface area contributed by atoms with Crippen molar-refractivity contribution in [2.45, 2.75) is 32.3 Å². The summed E-state index contributed by atoms with van der Waals surface area (Å²) < 4.78 is 5.11. The summed E-state index contributed by atoms with van der Waals surface area (Å²) in [5.74, 6) is 1.19. The average molecular weight is 277 g/mol. The highest BCUT2D eigenvalue weighted by molar-refractivity contribution is 5.76. The molecule has 0 spiro atoms. The Labute approximate surface area is 120 Å². The van der Waals surface area contributed by atoms with Crippen molar-refractivity contribution in [1.29, 1.82) is 0 Å². The summed E-state index contributed by atoms with van der Waals surface area (Å²) in [6.45, 7) is 3.34. The van der Waals surface area contributed by atoms with Crippen molar-refractivity contribution in [3.63, 3.8) is 0 Å². The van der Waals surface area contributed by atoms with Crippen molar-refractivity contribution in [1.82, 2.24) is 4.90 Å². The molecule has 1 saturated heterocycles. The first-order valence-corrected chi connectivity index (χ1v) is 7.19. The number of benzene rings is 1. The Balaban J connectivity index is 1.82. The van der Waals surface area contributed by atoms with Crippen molar-refractivity contribution < 1.29 is 14.6 Å². The first kappa shape index (κ1) is 14.9. The molecule has 1 heterocycles. The zero-order valence-corrected chi connectivity index (χ0v) is 12.2. The highest BCUT2D eigenvalue weighted by Gasteiger charge is 2.26. The molecule has 2 rings (SSSR count). The molecule has 1 amide bonds. The Kier molecular flexibility index (Phi) is 5.01. The number of piperidine rings is 1. The number of carbonyl (C=O) groups is 1. The van der Waals surface area contributed by atoms with Gasteiger partial charge in [0.1, 0.15) is 5.75 Å². The van der Waals surface area contributed by atoms with Gasteiger partial charge in [0.05, 0.1) is 13.2 Å². The van der Waals surface area contributed by atoms with Gasteiger partial charge in [-0.05, 0) is 36.5 Å². The number of aryl methyl sites for hydroxylation is 1. The zero-order chi connectivity index (χ0) is 14.5. The molecule has 1 fully saturated rings. The van der Waals surface area contributed by atoms with Crippen LogP contribution in [0.2, 0.25) is 0 Å². The predicted octanol–water partition coefficient (Wildman–Crippen LogP) is 1.86. The van der Waals surface area contributed by atoms with Crippen molar-refractivity contribution in [3.8, 4) is 5.75 Å². The van der Waals surface area contributed by atoms with Crippen LogP contribution in [0.3, 0.4) is 0 Å². The minimum atomic E-state index is -0.263. The lowest BCUT2D eigenvalue weighted by Crippen LogP contribution is -2.45. The van der Waals surface area contributed by atoms with E-state index in [1.54, 1.807) is 7.11 Å². The van der Waals surface area contributed by atoms with E-state index >= 15 is 0 Å². The first-order chi connectivity index (χ1) is 9.60. The van der Waals surface area contributed by atoms with E-state index in [4.69, 9.17) is 4.74 Å².